The second-order valence-electron chi connectivity index (χ2n) is 6.17. The van der Waals surface area contributed by atoms with Gasteiger partial charge in [-0.3, -0.25) is 11.3 Å². The summed E-state index contributed by atoms with van der Waals surface area (Å²) in [6.45, 7) is 4.34. The van der Waals surface area contributed by atoms with Gasteiger partial charge < -0.3 is 0 Å². The molecule has 19 heavy (non-hydrogen) atoms. The van der Waals surface area contributed by atoms with E-state index < -0.39 is 0 Å². The molecule has 0 aromatic heterocycles. The van der Waals surface area contributed by atoms with Crippen LogP contribution in [0, 0.1) is 19.8 Å². The van der Waals surface area contributed by atoms with E-state index in [1.54, 1.807) is 0 Å². The molecule has 0 amide bonds. The number of nitrogens with one attached hydrogen (secondary N) is 1. The topological polar surface area (TPSA) is 38.0 Å². The van der Waals surface area contributed by atoms with Crippen molar-refractivity contribution in [1.29, 1.82) is 0 Å². The molecule has 1 unspecified atom stereocenters. The highest BCUT2D eigenvalue weighted by Gasteiger charge is 2.19. The molecule has 2 heteroatoms. The Balaban J connectivity index is 2.08. The van der Waals surface area contributed by atoms with Crippen molar-refractivity contribution in [2.75, 3.05) is 0 Å². The Bertz CT molecular complexity index is 392. The summed E-state index contributed by atoms with van der Waals surface area (Å²) < 4.78 is 0. The highest BCUT2D eigenvalue weighted by Crippen LogP contribution is 2.32. The first-order valence-electron chi connectivity index (χ1n) is 7.74. The largest absolute Gasteiger partial charge is 0.271 e. The van der Waals surface area contributed by atoms with E-state index in [9.17, 15) is 0 Å². The van der Waals surface area contributed by atoms with Crippen LogP contribution in [0.1, 0.15) is 67.7 Å². The summed E-state index contributed by atoms with van der Waals surface area (Å²) >= 11 is 0. The summed E-state index contributed by atoms with van der Waals surface area (Å²) in [5.74, 6) is 6.67. The summed E-state index contributed by atoms with van der Waals surface area (Å²) in [5, 5.41) is 0. The van der Waals surface area contributed by atoms with Crippen molar-refractivity contribution in [3.8, 4) is 0 Å². The molecule has 106 valence electrons. The molecule has 3 N–H and O–H groups in total. The molecule has 0 saturated heterocycles. The summed E-state index contributed by atoms with van der Waals surface area (Å²) in [5.41, 5.74) is 7.11. The molecular formula is C17H28N2. The molecule has 1 aromatic rings. The average Bonchev–Trinajstić information content (AvgIpc) is 2.67. The number of hydrogen-bond donors (Lipinski definition) is 2. The van der Waals surface area contributed by atoms with Crippen molar-refractivity contribution in [3.63, 3.8) is 0 Å². The first-order chi connectivity index (χ1) is 9.20. The molecule has 0 heterocycles. The van der Waals surface area contributed by atoms with Crippen LogP contribution in [0.4, 0.5) is 0 Å². The van der Waals surface area contributed by atoms with E-state index in [1.165, 1.54) is 61.6 Å². The minimum absolute atomic E-state index is 0.308. The Morgan fingerprint density at radius 1 is 1.16 bits per heavy atom. The van der Waals surface area contributed by atoms with Gasteiger partial charge in [-0.05, 0) is 37.3 Å². The van der Waals surface area contributed by atoms with Crippen LogP contribution in [0.2, 0.25) is 0 Å². The van der Waals surface area contributed by atoms with Crippen molar-refractivity contribution in [1.82, 2.24) is 5.43 Å². The maximum absolute atomic E-state index is 5.83. The van der Waals surface area contributed by atoms with E-state index >= 15 is 0 Å². The van der Waals surface area contributed by atoms with Crippen LogP contribution in [-0.4, -0.2) is 0 Å². The molecule has 1 fully saturated rings. The molecule has 1 aromatic carbocycles. The molecule has 1 aliphatic carbocycles. The van der Waals surface area contributed by atoms with Crippen molar-refractivity contribution in [2.45, 2.75) is 64.8 Å². The van der Waals surface area contributed by atoms with Gasteiger partial charge in [-0.25, -0.2) is 0 Å². The second kappa shape index (κ2) is 7.06. The number of hydrazine groups is 1. The fourth-order valence-corrected chi connectivity index (χ4v) is 3.35. The zero-order valence-corrected chi connectivity index (χ0v) is 12.4. The molecule has 1 saturated carbocycles. The zero-order valence-electron chi connectivity index (χ0n) is 12.4. The summed E-state index contributed by atoms with van der Waals surface area (Å²) in [6, 6.07) is 6.99. The predicted molar refractivity (Wildman–Crippen MR) is 81.8 cm³/mol. The van der Waals surface area contributed by atoms with Gasteiger partial charge in [0.15, 0.2) is 0 Å². The number of aryl methyl sites for hydroxylation is 2. The standard InChI is InChI=1S/C17H28N2/c1-13-9-10-14(2)16(11-13)17(19-18)12-15-7-5-3-4-6-8-15/h9-11,15,17,19H,3-8,12,18H2,1-2H3. The average molecular weight is 260 g/mol. The fourth-order valence-electron chi connectivity index (χ4n) is 3.35. The van der Waals surface area contributed by atoms with Gasteiger partial charge in [0.05, 0.1) is 0 Å². The van der Waals surface area contributed by atoms with Gasteiger partial charge in [0.1, 0.15) is 0 Å². The summed E-state index contributed by atoms with van der Waals surface area (Å²) in [7, 11) is 0. The van der Waals surface area contributed by atoms with Crippen LogP contribution in [0.3, 0.4) is 0 Å². The Labute approximate surface area is 117 Å². The van der Waals surface area contributed by atoms with Crippen molar-refractivity contribution < 1.29 is 0 Å². The quantitative estimate of drug-likeness (QED) is 0.484. The number of nitrogens with two attached hydrogens (primary N) is 1. The van der Waals surface area contributed by atoms with Crippen molar-refractivity contribution in [2.24, 2.45) is 11.8 Å². The lowest BCUT2D eigenvalue weighted by Gasteiger charge is -2.24. The summed E-state index contributed by atoms with van der Waals surface area (Å²) in [4.78, 5) is 0. The molecule has 2 rings (SSSR count). The van der Waals surface area contributed by atoms with Crippen LogP contribution in [0.15, 0.2) is 18.2 Å². The second-order valence-corrected chi connectivity index (χ2v) is 6.17. The lowest BCUT2D eigenvalue weighted by molar-refractivity contribution is 0.358. The van der Waals surface area contributed by atoms with E-state index in [0.717, 1.165) is 5.92 Å². The third kappa shape index (κ3) is 4.05. The first-order valence-corrected chi connectivity index (χ1v) is 7.74. The zero-order chi connectivity index (χ0) is 13.7. The highest BCUT2D eigenvalue weighted by atomic mass is 15.2. The molecule has 1 atom stereocenters. The number of benzene rings is 1. The lowest BCUT2D eigenvalue weighted by Crippen LogP contribution is -2.30. The number of hydrogen-bond acceptors (Lipinski definition) is 2. The van der Waals surface area contributed by atoms with Gasteiger partial charge in [0, 0.05) is 6.04 Å². The monoisotopic (exact) mass is 260 g/mol. The molecular weight excluding hydrogens is 232 g/mol. The first kappa shape index (κ1) is 14.5. The maximum atomic E-state index is 5.83. The van der Waals surface area contributed by atoms with Crippen LogP contribution in [-0.2, 0) is 0 Å². The molecule has 1 aliphatic rings. The Morgan fingerprint density at radius 3 is 2.47 bits per heavy atom. The van der Waals surface area contributed by atoms with Gasteiger partial charge >= 0.3 is 0 Å². The van der Waals surface area contributed by atoms with Gasteiger partial charge in [-0.15, -0.1) is 0 Å². The Morgan fingerprint density at radius 2 is 1.84 bits per heavy atom. The third-order valence-corrected chi connectivity index (χ3v) is 4.56. The molecule has 2 nitrogen and oxygen atoms in total. The fraction of sp³-hybridized carbons (Fsp3) is 0.647. The third-order valence-electron chi connectivity index (χ3n) is 4.56. The lowest BCUT2D eigenvalue weighted by atomic mass is 9.88. The van der Waals surface area contributed by atoms with Crippen LogP contribution in [0.5, 0.6) is 0 Å². The molecule has 0 bridgehead atoms. The van der Waals surface area contributed by atoms with Gasteiger partial charge in [0.25, 0.3) is 0 Å². The Hall–Kier alpha value is -0.860. The van der Waals surface area contributed by atoms with Crippen LogP contribution < -0.4 is 11.3 Å². The van der Waals surface area contributed by atoms with Crippen molar-refractivity contribution >= 4 is 0 Å². The molecule has 0 aliphatic heterocycles. The van der Waals surface area contributed by atoms with E-state index in [1.807, 2.05) is 0 Å². The molecule has 0 spiro atoms. The van der Waals surface area contributed by atoms with E-state index in [4.69, 9.17) is 5.84 Å². The molecule has 0 radical (unpaired) electrons. The van der Waals surface area contributed by atoms with E-state index in [-0.39, 0.29) is 0 Å². The maximum Gasteiger partial charge on any atom is 0.0465 e. The van der Waals surface area contributed by atoms with Crippen LogP contribution >= 0.6 is 0 Å². The smallest absolute Gasteiger partial charge is 0.0465 e. The minimum Gasteiger partial charge on any atom is -0.271 e. The predicted octanol–water partition coefficient (Wildman–Crippen LogP) is 4.17. The van der Waals surface area contributed by atoms with Gasteiger partial charge in [-0.2, -0.15) is 0 Å². The normalized spacial score (nSPS) is 19.1. The van der Waals surface area contributed by atoms with E-state index in [2.05, 4.69) is 37.5 Å². The van der Waals surface area contributed by atoms with Gasteiger partial charge in [0.2, 0.25) is 0 Å². The SMILES string of the molecule is Cc1ccc(C)c(C(CC2CCCCCC2)NN)c1. The Kier molecular flexibility index (Phi) is 5.41. The minimum atomic E-state index is 0.308. The van der Waals surface area contributed by atoms with Crippen LogP contribution in [0.25, 0.3) is 0 Å². The van der Waals surface area contributed by atoms with Gasteiger partial charge in [-0.1, -0.05) is 62.3 Å². The van der Waals surface area contributed by atoms with Crippen molar-refractivity contribution in [3.05, 3.63) is 34.9 Å². The number of rotatable bonds is 4. The highest BCUT2D eigenvalue weighted by molar-refractivity contribution is 5.33. The summed E-state index contributed by atoms with van der Waals surface area (Å²) in [6.07, 6.45) is 9.57. The van der Waals surface area contributed by atoms with E-state index in [0.29, 0.717) is 6.04 Å².